The average molecular weight is 475 g/mol. The number of carbonyl (C=O) groups excluding carboxylic acids is 2. The molecule has 7 rings (SSSR count). The lowest BCUT2D eigenvalue weighted by Gasteiger charge is -2.43. The molecule has 7 nitrogen and oxygen atoms in total. The van der Waals surface area contributed by atoms with Gasteiger partial charge >= 0.3 is 12.1 Å². The van der Waals surface area contributed by atoms with Crippen molar-refractivity contribution in [3.05, 3.63) is 59.7 Å². The van der Waals surface area contributed by atoms with E-state index in [4.69, 9.17) is 4.74 Å². The van der Waals surface area contributed by atoms with Gasteiger partial charge in [-0.1, -0.05) is 55.5 Å². The zero-order valence-corrected chi connectivity index (χ0v) is 19.8. The third kappa shape index (κ3) is 3.51. The lowest BCUT2D eigenvalue weighted by Crippen LogP contribution is -2.56. The number of rotatable bonds is 6. The summed E-state index contributed by atoms with van der Waals surface area (Å²) in [7, 11) is 0. The van der Waals surface area contributed by atoms with E-state index in [1.165, 1.54) is 22.3 Å². The van der Waals surface area contributed by atoms with Crippen molar-refractivity contribution in [1.82, 2.24) is 10.2 Å². The molecule has 2 amide bonds. The molecular formula is C28H30N2O5. The third-order valence-corrected chi connectivity index (χ3v) is 8.56. The van der Waals surface area contributed by atoms with E-state index in [0.717, 1.165) is 0 Å². The highest BCUT2D eigenvalue weighted by Gasteiger charge is 2.68. The Bertz CT molecular complexity index is 1170. The zero-order chi connectivity index (χ0) is 24.4. The standard InChI is InChI=1S/C28H30N2O5/c1-27-14-28(15-27,25(32)33)30(16-27)24(31)12-17-10-18(11-17)29-26(34)35-13-23-21-8-4-2-6-19(21)20-7-3-5-9-22(20)23/h2-9,17-18,23H,10-16H2,1H3,(H,29,34)(H,32,33). The molecule has 2 saturated heterocycles. The van der Waals surface area contributed by atoms with Crippen molar-refractivity contribution in [3.63, 3.8) is 0 Å². The van der Waals surface area contributed by atoms with Gasteiger partial charge in [-0.2, -0.15) is 0 Å². The molecule has 2 N–H and O–H groups in total. The number of hydrogen-bond donors (Lipinski definition) is 2. The summed E-state index contributed by atoms with van der Waals surface area (Å²) in [5.41, 5.74) is 3.69. The van der Waals surface area contributed by atoms with E-state index in [1.54, 1.807) is 4.90 Å². The van der Waals surface area contributed by atoms with Crippen LogP contribution in [0.25, 0.3) is 11.1 Å². The predicted octanol–water partition coefficient (Wildman–Crippen LogP) is 4.16. The first-order valence-corrected chi connectivity index (χ1v) is 12.4. The molecule has 0 unspecified atom stereocenters. The Hall–Kier alpha value is -3.35. The molecule has 4 fully saturated rings. The average Bonchev–Trinajstić information content (AvgIpc) is 3.40. The molecule has 7 heteroatoms. The monoisotopic (exact) mass is 474 g/mol. The van der Waals surface area contributed by atoms with E-state index in [0.29, 0.717) is 38.6 Å². The number of nitrogens with zero attached hydrogens (tertiary/aromatic N) is 1. The minimum Gasteiger partial charge on any atom is -0.479 e. The summed E-state index contributed by atoms with van der Waals surface area (Å²) < 4.78 is 5.62. The van der Waals surface area contributed by atoms with Gasteiger partial charge in [-0.3, -0.25) is 4.79 Å². The van der Waals surface area contributed by atoms with E-state index in [1.807, 2.05) is 24.3 Å². The van der Waals surface area contributed by atoms with Crippen molar-refractivity contribution in [1.29, 1.82) is 0 Å². The van der Waals surface area contributed by atoms with E-state index < -0.39 is 17.6 Å². The Labute approximate surface area is 204 Å². The van der Waals surface area contributed by atoms with Crippen LogP contribution in [0.15, 0.2) is 48.5 Å². The van der Waals surface area contributed by atoms with Crippen molar-refractivity contribution >= 4 is 18.0 Å². The van der Waals surface area contributed by atoms with E-state index >= 15 is 0 Å². The van der Waals surface area contributed by atoms with Gasteiger partial charge in [-0.05, 0) is 59.3 Å². The second kappa shape index (κ2) is 7.83. The maximum atomic E-state index is 12.9. The number of amides is 2. The van der Waals surface area contributed by atoms with Crippen LogP contribution in [0.4, 0.5) is 4.79 Å². The van der Waals surface area contributed by atoms with Gasteiger partial charge in [-0.25, -0.2) is 9.59 Å². The number of fused-ring (bicyclic) bond motifs is 4. The van der Waals surface area contributed by atoms with Crippen LogP contribution in [0.3, 0.4) is 0 Å². The summed E-state index contributed by atoms with van der Waals surface area (Å²) in [6.45, 7) is 2.87. The molecule has 2 aromatic carbocycles. The summed E-state index contributed by atoms with van der Waals surface area (Å²) in [4.78, 5) is 38.8. The maximum Gasteiger partial charge on any atom is 0.407 e. The van der Waals surface area contributed by atoms with E-state index in [2.05, 4.69) is 36.5 Å². The number of aliphatic carboxylic acids is 1. The first-order valence-electron chi connectivity index (χ1n) is 12.4. The zero-order valence-electron chi connectivity index (χ0n) is 19.8. The first-order chi connectivity index (χ1) is 16.8. The summed E-state index contributed by atoms with van der Waals surface area (Å²) in [6, 6.07) is 16.5. The lowest BCUT2D eigenvalue weighted by atomic mass is 9.63. The second-order valence-corrected chi connectivity index (χ2v) is 11.2. The summed E-state index contributed by atoms with van der Waals surface area (Å²) in [6.07, 6.45) is 2.44. The lowest BCUT2D eigenvalue weighted by molar-refractivity contribution is -0.160. The number of carbonyl (C=O) groups is 3. The van der Waals surface area contributed by atoms with Crippen LogP contribution in [0, 0.1) is 11.3 Å². The minimum atomic E-state index is -0.992. The highest BCUT2D eigenvalue weighted by Crippen LogP contribution is 2.59. The summed E-state index contributed by atoms with van der Waals surface area (Å²) >= 11 is 0. The maximum absolute atomic E-state index is 12.9. The van der Waals surface area contributed by atoms with Crippen LogP contribution >= 0.6 is 0 Å². The van der Waals surface area contributed by atoms with Gasteiger partial charge in [0, 0.05) is 24.9 Å². The van der Waals surface area contributed by atoms with Gasteiger partial charge in [0.1, 0.15) is 12.1 Å². The van der Waals surface area contributed by atoms with Gasteiger partial charge < -0.3 is 20.1 Å². The fourth-order valence-electron chi connectivity index (χ4n) is 6.97. The number of alkyl carbamates (subject to hydrolysis) is 1. The minimum absolute atomic E-state index is 0.0124. The van der Waals surface area contributed by atoms with Gasteiger partial charge in [0.15, 0.2) is 0 Å². The fraction of sp³-hybridized carbons (Fsp3) is 0.464. The van der Waals surface area contributed by atoms with Crippen molar-refractivity contribution in [2.45, 2.75) is 56.5 Å². The molecule has 2 aromatic rings. The molecule has 2 heterocycles. The molecule has 5 aliphatic rings. The topological polar surface area (TPSA) is 95.9 Å². The van der Waals surface area contributed by atoms with Crippen LogP contribution in [0.1, 0.15) is 56.1 Å². The van der Waals surface area contributed by atoms with Gasteiger partial charge in [0.2, 0.25) is 5.91 Å². The number of hydrogen-bond acceptors (Lipinski definition) is 4. The predicted molar refractivity (Wildman–Crippen MR) is 129 cm³/mol. The molecule has 2 bridgehead atoms. The van der Waals surface area contributed by atoms with Crippen molar-refractivity contribution < 1.29 is 24.2 Å². The number of carboxylic acids is 1. The summed E-state index contributed by atoms with van der Waals surface area (Å²) in [5, 5.41) is 12.6. The van der Waals surface area contributed by atoms with E-state index in [9.17, 15) is 19.5 Å². The van der Waals surface area contributed by atoms with Gasteiger partial charge in [0.05, 0.1) is 0 Å². The molecule has 0 atom stereocenters. The normalized spacial score (nSPS) is 30.0. The van der Waals surface area contributed by atoms with Crippen molar-refractivity contribution in [2.24, 2.45) is 11.3 Å². The number of ether oxygens (including phenoxy) is 1. The van der Waals surface area contributed by atoms with Gasteiger partial charge in [0.25, 0.3) is 0 Å². The Kier molecular flexibility index (Phi) is 4.95. The Balaban J connectivity index is 0.989. The SMILES string of the molecule is CC12CN(C(=O)CC3CC(NC(=O)OCC4c5ccccc5-c5ccccc54)C3)C(C(=O)O)(C1)C2. The molecular weight excluding hydrogens is 444 g/mol. The molecule has 0 radical (unpaired) electrons. The molecule has 2 aliphatic heterocycles. The molecule has 3 aliphatic carbocycles. The Morgan fingerprint density at radius 3 is 2.23 bits per heavy atom. The highest BCUT2D eigenvalue weighted by atomic mass is 16.5. The summed E-state index contributed by atoms with van der Waals surface area (Å²) in [5.74, 6) is -0.768. The smallest absolute Gasteiger partial charge is 0.407 e. The molecule has 0 aromatic heterocycles. The second-order valence-electron chi connectivity index (χ2n) is 11.2. The van der Waals surface area contributed by atoms with Crippen LogP contribution in [-0.4, -0.2) is 52.7 Å². The van der Waals surface area contributed by atoms with Crippen LogP contribution in [0.5, 0.6) is 0 Å². The Morgan fingerprint density at radius 2 is 1.63 bits per heavy atom. The third-order valence-electron chi connectivity index (χ3n) is 8.56. The van der Waals surface area contributed by atoms with E-state index in [-0.39, 0.29) is 35.8 Å². The van der Waals surface area contributed by atoms with Crippen molar-refractivity contribution in [2.75, 3.05) is 13.2 Å². The quantitative estimate of drug-likeness (QED) is 0.656. The van der Waals surface area contributed by atoms with Crippen molar-refractivity contribution in [3.8, 4) is 11.1 Å². The van der Waals surface area contributed by atoms with Crippen LogP contribution in [-0.2, 0) is 14.3 Å². The number of nitrogens with one attached hydrogen (secondary N) is 1. The molecule has 2 saturated carbocycles. The fourth-order valence-corrected chi connectivity index (χ4v) is 6.97. The highest BCUT2D eigenvalue weighted by molar-refractivity contribution is 5.90. The van der Waals surface area contributed by atoms with Crippen LogP contribution in [0.2, 0.25) is 0 Å². The first kappa shape index (κ1) is 22.1. The Morgan fingerprint density at radius 1 is 1.03 bits per heavy atom. The molecule has 35 heavy (non-hydrogen) atoms. The largest absolute Gasteiger partial charge is 0.479 e. The van der Waals surface area contributed by atoms with Crippen LogP contribution < -0.4 is 5.32 Å². The number of benzene rings is 2. The molecule has 0 spiro atoms. The van der Waals surface area contributed by atoms with Gasteiger partial charge in [-0.15, -0.1) is 0 Å². The number of carboxylic acid groups (broad SMARTS) is 1. The molecule has 182 valence electrons.